The summed E-state index contributed by atoms with van der Waals surface area (Å²) in [5, 5.41) is 3.13. The maximum absolute atomic E-state index is 13.0. The number of hydrogen-bond donors (Lipinski definition) is 1. The molecule has 1 N–H and O–H groups in total. The van der Waals surface area contributed by atoms with Gasteiger partial charge in [-0.3, -0.25) is 9.69 Å². The minimum Gasteiger partial charge on any atom is -0.497 e. The van der Waals surface area contributed by atoms with Crippen molar-refractivity contribution in [3.63, 3.8) is 0 Å². The number of amides is 1. The third kappa shape index (κ3) is 5.12. The zero-order chi connectivity index (χ0) is 25.0. The van der Waals surface area contributed by atoms with Crippen LogP contribution in [0.3, 0.4) is 0 Å². The molecule has 1 amide bonds. The maximum Gasteiger partial charge on any atom is 0.255 e. The van der Waals surface area contributed by atoms with Crippen molar-refractivity contribution >= 4 is 17.3 Å². The number of carbonyl (C=O) groups is 1. The predicted molar refractivity (Wildman–Crippen MR) is 147 cm³/mol. The average molecular weight is 484 g/mol. The van der Waals surface area contributed by atoms with E-state index in [0.717, 1.165) is 50.6 Å². The van der Waals surface area contributed by atoms with Crippen molar-refractivity contribution in [1.82, 2.24) is 4.90 Å². The highest BCUT2D eigenvalue weighted by Gasteiger charge is 2.42. The van der Waals surface area contributed by atoms with E-state index in [-0.39, 0.29) is 11.4 Å². The third-order valence-corrected chi connectivity index (χ3v) is 8.10. The maximum atomic E-state index is 13.0. The van der Waals surface area contributed by atoms with Gasteiger partial charge in [-0.05, 0) is 79.6 Å². The largest absolute Gasteiger partial charge is 0.497 e. The van der Waals surface area contributed by atoms with Crippen molar-refractivity contribution in [2.24, 2.45) is 5.92 Å². The minimum absolute atomic E-state index is 0.0198. The fraction of sp³-hybridized carbons (Fsp3) is 0.387. The lowest BCUT2D eigenvalue weighted by atomic mass is 9.71. The van der Waals surface area contributed by atoms with E-state index in [0.29, 0.717) is 11.3 Å². The van der Waals surface area contributed by atoms with Crippen LogP contribution in [0.5, 0.6) is 5.75 Å². The Bertz CT molecular complexity index is 1160. The first kappa shape index (κ1) is 24.4. The summed E-state index contributed by atoms with van der Waals surface area (Å²) in [5.41, 5.74) is 4.10. The molecule has 2 aliphatic rings. The summed E-state index contributed by atoms with van der Waals surface area (Å²) in [7, 11) is 1.62. The van der Waals surface area contributed by atoms with Crippen LogP contribution in [0.15, 0.2) is 78.9 Å². The zero-order valence-corrected chi connectivity index (χ0v) is 21.5. The molecule has 0 unspecified atom stereocenters. The summed E-state index contributed by atoms with van der Waals surface area (Å²) in [5.74, 6) is 1.33. The van der Waals surface area contributed by atoms with Gasteiger partial charge in [-0.1, -0.05) is 43.3 Å². The van der Waals surface area contributed by atoms with Crippen molar-refractivity contribution < 1.29 is 9.53 Å². The molecule has 5 nitrogen and oxygen atoms in total. The molecule has 1 heterocycles. The van der Waals surface area contributed by atoms with Crippen molar-refractivity contribution in [3.8, 4) is 5.75 Å². The summed E-state index contributed by atoms with van der Waals surface area (Å²) in [6.07, 6.45) is 4.79. The van der Waals surface area contributed by atoms with Gasteiger partial charge in [0.1, 0.15) is 5.75 Å². The molecule has 36 heavy (non-hydrogen) atoms. The fourth-order valence-corrected chi connectivity index (χ4v) is 5.91. The number of piperazine rings is 1. The quantitative estimate of drug-likeness (QED) is 0.455. The molecule has 3 aromatic rings. The second kappa shape index (κ2) is 10.8. The lowest BCUT2D eigenvalue weighted by molar-refractivity contribution is 0.0299. The van der Waals surface area contributed by atoms with Gasteiger partial charge in [0, 0.05) is 48.7 Å². The van der Waals surface area contributed by atoms with E-state index in [2.05, 4.69) is 70.6 Å². The molecule has 1 aliphatic heterocycles. The van der Waals surface area contributed by atoms with Gasteiger partial charge >= 0.3 is 0 Å². The van der Waals surface area contributed by atoms with Crippen LogP contribution in [-0.4, -0.2) is 44.1 Å². The van der Waals surface area contributed by atoms with Gasteiger partial charge in [0.25, 0.3) is 5.91 Å². The van der Waals surface area contributed by atoms with E-state index in [9.17, 15) is 4.79 Å². The number of benzene rings is 3. The first-order chi connectivity index (χ1) is 17.6. The van der Waals surface area contributed by atoms with Gasteiger partial charge in [0.15, 0.2) is 0 Å². The predicted octanol–water partition coefficient (Wildman–Crippen LogP) is 6.18. The van der Waals surface area contributed by atoms with Crippen LogP contribution in [0.1, 0.15) is 48.5 Å². The molecule has 0 bridgehead atoms. The summed E-state index contributed by atoms with van der Waals surface area (Å²) >= 11 is 0. The number of rotatable bonds is 6. The Morgan fingerprint density at radius 1 is 0.889 bits per heavy atom. The normalized spacial score (nSPS) is 22.7. The Kier molecular flexibility index (Phi) is 7.28. The third-order valence-electron chi connectivity index (χ3n) is 8.10. The lowest BCUT2D eigenvalue weighted by Crippen LogP contribution is -2.56. The Hall–Kier alpha value is -3.31. The molecule has 1 saturated carbocycles. The van der Waals surface area contributed by atoms with Crippen molar-refractivity contribution in [1.29, 1.82) is 0 Å². The molecule has 5 heteroatoms. The van der Waals surface area contributed by atoms with Crippen molar-refractivity contribution in [3.05, 3.63) is 90.0 Å². The first-order valence-electron chi connectivity index (χ1n) is 13.2. The number of anilines is 2. The Morgan fingerprint density at radius 3 is 2.33 bits per heavy atom. The molecule has 0 spiro atoms. The van der Waals surface area contributed by atoms with Crippen LogP contribution < -0.4 is 15.0 Å². The highest BCUT2D eigenvalue weighted by molar-refractivity contribution is 6.04. The summed E-state index contributed by atoms with van der Waals surface area (Å²) in [4.78, 5) is 18.2. The smallest absolute Gasteiger partial charge is 0.255 e. The summed E-state index contributed by atoms with van der Waals surface area (Å²) in [6.45, 7) is 6.54. The van der Waals surface area contributed by atoms with E-state index in [1.54, 1.807) is 13.2 Å². The Morgan fingerprint density at radius 2 is 1.61 bits per heavy atom. The lowest BCUT2D eigenvalue weighted by Gasteiger charge is -2.51. The first-order valence-corrected chi connectivity index (χ1v) is 13.2. The Balaban J connectivity index is 1.36. The molecule has 1 saturated heterocycles. The van der Waals surface area contributed by atoms with Gasteiger partial charge in [-0.15, -0.1) is 0 Å². The molecule has 2 fully saturated rings. The monoisotopic (exact) mass is 483 g/mol. The topological polar surface area (TPSA) is 44.8 Å². The van der Waals surface area contributed by atoms with Crippen molar-refractivity contribution in [2.75, 3.05) is 43.5 Å². The number of hydrogen-bond acceptors (Lipinski definition) is 4. The van der Waals surface area contributed by atoms with Crippen molar-refractivity contribution in [2.45, 2.75) is 38.1 Å². The van der Waals surface area contributed by atoms with E-state index in [4.69, 9.17) is 4.74 Å². The highest BCUT2D eigenvalue weighted by Crippen LogP contribution is 2.45. The van der Waals surface area contributed by atoms with Gasteiger partial charge in [0.05, 0.1) is 7.11 Å². The van der Waals surface area contributed by atoms with Crippen LogP contribution in [-0.2, 0) is 5.54 Å². The van der Waals surface area contributed by atoms with Crippen LogP contribution in [0, 0.1) is 5.92 Å². The van der Waals surface area contributed by atoms with Gasteiger partial charge in [-0.2, -0.15) is 0 Å². The van der Waals surface area contributed by atoms with Crippen LogP contribution in [0.2, 0.25) is 0 Å². The van der Waals surface area contributed by atoms with E-state index < -0.39 is 0 Å². The number of carbonyl (C=O) groups excluding carboxylic acids is 1. The molecular formula is C31H37N3O2. The second-order valence-corrected chi connectivity index (χ2v) is 10.3. The molecule has 0 aromatic heterocycles. The van der Waals surface area contributed by atoms with E-state index in [1.165, 1.54) is 24.1 Å². The van der Waals surface area contributed by atoms with Gasteiger partial charge < -0.3 is 15.0 Å². The minimum atomic E-state index is -0.117. The number of nitrogens with one attached hydrogen (secondary N) is 1. The molecule has 188 valence electrons. The van der Waals surface area contributed by atoms with Gasteiger partial charge in [0.2, 0.25) is 0 Å². The Labute approximate surface area is 215 Å². The van der Waals surface area contributed by atoms with Crippen LogP contribution >= 0.6 is 0 Å². The fourth-order valence-electron chi connectivity index (χ4n) is 5.91. The highest BCUT2D eigenvalue weighted by atomic mass is 16.5. The number of nitrogens with zero attached hydrogens (tertiary/aromatic N) is 2. The number of para-hydroxylation sites is 1. The summed E-state index contributed by atoms with van der Waals surface area (Å²) < 4.78 is 5.29. The SMILES string of the molecule is COc1cccc(C(=O)Nc2cccc([C@]3(N4CCN(c5ccccc5)CC4)CC[C@H](C)CC3)c2)c1. The van der Waals surface area contributed by atoms with E-state index >= 15 is 0 Å². The molecule has 5 rings (SSSR count). The van der Waals surface area contributed by atoms with Crippen LogP contribution in [0.25, 0.3) is 0 Å². The molecular weight excluding hydrogens is 446 g/mol. The van der Waals surface area contributed by atoms with Gasteiger partial charge in [-0.25, -0.2) is 0 Å². The number of ether oxygens (including phenoxy) is 1. The zero-order valence-electron chi connectivity index (χ0n) is 21.5. The number of methoxy groups -OCH3 is 1. The summed E-state index contributed by atoms with van der Waals surface area (Å²) in [6, 6.07) is 26.6. The molecule has 0 atom stereocenters. The standard InChI is InChI=1S/C31H37N3O2/c1-24-14-16-31(17-15-24,34-20-18-33(19-21-34)28-11-4-3-5-12-28)26-9-7-10-27(23-26)32-30(35)25-8-6-13-29(22-25)36-2/h3-13,22-24H,14-21H2,1-2H3,(H,32,35)/t24-,31-. The van der Waals surface area contributed by atoms with E-state index in [1.807, 2.05) is 24.3 Å². The second-order valence-electron chi connectivity index (χ2n) is 10.3. The molecule has 1 aliphatic carbocycles. The molecule has 0 radical (unpaired) electrons. The average Bonchev–Trinajstić information content (AvgIpc) is 2.94. The van der Waals surface area contributed by atoms with Crippen LogP contribution in [0.4, 0.5) is 11.4 Å². The molecule has 3 aromatic carbocycles.